The van der Waals surface area contributed by atoms with E-state index in [9.17, 15) is 14.9 Å². The van der Waals surface area contributed by atoms with Crippen molar-refractivity contribution in [3.05, 3.63) is 70.3 Å². The Kier molecular flexibility index (Phi) is 6.06. The highest BCUT2D eigenvalue weighted by Crippen LogP contribution is 2.31. The van der Waals surface area contributed by atoms with E-state index in [-0.39, 0.29) is 28.4 Å². The first-order valence-corrected chi connectivity index (χ1v) is 9.37. The van der Waals surface area contributed by atoms with E-state index >= 15 is 0 Å². The third kappa shape index (κ3) is 4.64. The van der Waals surface area contributed by atoms with Crippen molar-refractivity contribution in [3.8, 4) is 0 Å². The quantitative estimate of drug-likeness (QED) is 0.623. The minimum Gasteiger partial charge on any atom is -0.366 e. The van der Waals surface area contributed by atoms with Crippen molar-refractivity contribution in [2.24, 2.45) is 5.92 Å². The van der Waals surface area contributed by atoms with E-state index in [1.54, 1.807) is 12.1 Å². The van der Waals surface area contributed by atoms with Gasteiger partial charge in [-0.05, 0) is 30.4 Å². The Morgan fingerprint density at radius 3 is 2.44 bits per heavy atom. The standard InChI is InChI=1S/C21H25N3O3/c1-16(17-7-3-2-4-8-17)15-22-21(25)18-11-13-23(14-12-18)19-9-5-6-10-20(19)24(26)27/h2-10,16,18H,11-15H2,1H3,(H,22,25). The number of amides is 1. The second-order valence-electron chi connectivity index (χ2n) is 7.06. The lowest BCUT2D eigenvalue weighted by Gasteiger charge is -2.32. The Balaban J connectivity index is 1.52. The fourth-order valence-corrected chi connectivity index (χ4v) is 3.57. The number of anilines is 1. The summed E-state index contributed by atoms with van der Waals surface area (Å²) in [5.41, 5.74) is 1.97. The second-order valence-corrected chi connectivity index (χ2v) is 7.06. The minimum atomic E-state index is -0.348. The lowest BCUT2D eigenvalue weighted by molar-refractivity contribution is -0.384. The molecule has 1 aliphatic rings. The first kappa shape index (κ1) is 18.9. The Morgan fingerprint density at radius 2 is 1.78 bits per heavy atom. The number of benzene rings is 2. The van der Waals surface area contributed by atoms with Crippen LogP contribution in [-0.2, 0) is 4.79 Å². The summed E-state index contributed by atoms with van der Waals surface area (Å²) in [6, 6.07) is 16.9. The number of carbonyl (C=O) groups is 1. The SMILES string of the molecule is CC(CNC(=O)C1CCN(c2ccccc2[N+](=O)[O-])CC1)c1ccccc1. The van der Waals surface area contributed by atoms with Gasteiger partial charge in [0.15, 0.2) is 0 Å². The van der Waals surface area contributed by atoms with Crippen molar-refractivity contribution in [1.29, 1.82) is 0 Å². The molecule has 1 aliphatic heterocycles. The molecule has 3 rings (SSSR count). The summed E-state index contributed by atoms with van der Waals surface area (Å²) in [6.45, 7) is 4.02. The molecule has 0 spiro atoms. The van der Waals surface area contributed by atoms with Gasteiger partial charge in [0.1, 0.15) is 5.69 Å². The highest BCUT2D eigenvalue weighted by molar-refractivity contribution is 5.79. The van der Waals surface area contributed by atoms with E-state index in [2.05, 4.69) is 24.4 Å². The van der Waals surface area contributed by atoms with Crippen molar-refractivity contribution in [1.82, 2.24) is 5.32 Å². The van der Waals surface area contributed by atoms with Gasteiger partial charge in [0.25, 0.3) is 5.69 Å². The number of nitrogens with one attached hydrogen (secondary N) is 1. The van der Waals surface area contributed by atoms with Crippen LogP contribution in [-0.4, -0.2) is 30.5 Å². The summed E-state index contributed by atoms with van der Waals surface area (Å²) >= 11 is 0. The number of rotatable bonds is 6. The summed E-state index contributed by atoms with van der Waals surface area (Å²) < 4.78 is 0. The van der Waals surface area contributed by atoms with Gasteiger partial charge in [0, 0.05) is 31.6 Å². The van der Waals surface area contributed by atoms with E-state index in [0.717, 1.165) is 0 Å². The Labute approximate surface area is 159 Å². The zero-order chi connectivity index (χ0) is 19.2. The molecule has 1 fully saturated rings. The van der Waals surface area contributed by atoms with E-state index in [0.29, 0.717) is 38.2 Å². The second kappa shape index (κ2) is 8.66. The number of nitro benzene ring substituents is 1. The van der Waals surface area contributed by atoms with Gasteiger partial charge in [-0.1, -0.05) is 49.4 Å². The van der Waals surface area contributed by atoms with Gasteiger partial charge in [-0.25, -0.2) is 0 Å². The summed E-state index contributed by atoms with van der Waals surface area (Å²) in [5, 5.41) is 14.3. The number of nitrogens with zero attached hydrogens (tertiary/aromatic N) is 2. The third-order valence-corrected chi connectivity index (χ3v) is 5.24. The zero-order valence-electron chi connectivity index (χ0n) is 15.5. The fraction of sp³-hybridized carbons (Fsp3) is 0.381. The number of nitro groups is 1. The van der Waals surface area contributed by atoms with Crippen LogP contribution in [0.25, 0.3) is 0 Å². The molecule has 1 unspecified atom stereocenters. The van der Waals surface area contributed by atoms with E-state index in [1.807, 2.05) is 29.2 Å². The smallest absolute Gasteiger partial charge is 0.292 e. The summed E-state index contributed by atoms with van der Waals surface area (Å²) in [4.78, 5) is 25.4. The van der Waals surface area contributed by atoms with Gasteiger partial charge in [0.05, 0.1) is 4.92 Å². The normalized spacial score (nSPS) is 16.0. The molecule has 6 heteroatoms. The molecule has 0 bridgehead atoms. The van der Waals surface area contributed by atoms with E-state index < -0.39 is 0 Å². The first-order valence-electron chi connectivity index (χ1n) is 9.37. The van der Waals surface area contributed by atoms with Gasteiger partial charge in [0.2, 0.25) is 5.91 Å². The molecule has 0 radical (unpaired) electrons. The summed E-state index contributed by atoms with van der Waals surface area (Å²) in [6.07, 6.45) is 1.41. The van der Waals surface area contributed by atoms with Gasteiger partial charge in [-0.3, -0.25) is 14.9 Å². The van der Waals surface area contributed by atoms with Crippen LogP contribution in [0.15, 0.2) is 54.6 Å². The Hall–Kier alpha value is -2.89. The average Bonchev–Trinajstić information content (AvgIpc) is 2.72. The monoisotopic (exact) mass is 367 g/mol. The van der Waals surface area contributed by atoms with Gasteiger partial charge < -0.3 is 10.2 Å². The van der Waals surface area contributed by atoms with Crippen LogP contribution in [0.1, 0.15) is 31.2 Å². The maximum atomic E-state index is 12.5. The molecule has 2 aromatic rings. The molecule has 0 aliphatic carbocycles. The van der Waals surface area contributed by atoms with Crippen molar-refractivity contribution in [2.45, 2.75) is 25.7 Å². The van der Waals surface area contributed by atoms with Crippen LogP contribution in [0, 0.1) is 16.0 Å². The fourth-order valence-electron chi connectivity index (χ4n) is 3.57. The van der Waals surface area contributed by atoms with Crippen LogP contribution in [0.2, 0.25) is 0 Å². The molecule has 6 nitrogen and oxygen atoms in total. The van der Waals surface area contributed by atoms with Crippen LogP contribution in [0.3, 0.4) is 0 Å². The predicted octanol–water partition coefficient (Wildman–Crippen LogP) is 3.73. The zero-order valence-corrected chi connectivity index (χ0v) is 15.5. The highest BCUT2D eigenvalue weighted by atomic mass is 16.6. The lowest BCUT2D eigenvalue weighted by Crippen LogP contribution is -2.41. The highest BCUT2D eigenvalue weighted by Gasteiger charge is 2.28. The molecular weight excluding hydrogens is 342 g/mol. The van der Waals surface area contributed by atoms with Crippen LogP contribution >= 0.6 is 0 Å². The number of para-hydroxylation sites is 2. The first-order chi connectivity index (χ1) is 13.1. The topological polar surface area (TPSA) is 75.5 Å². The summed E-state index contributed by atoms with van der Waals surface area (Å²) in [7, 11) is 0. The molecule has 142 valence electrons. The minimum absolute atomic E-state index is 0.0352. The van der Waals surface area contributed by atoms with Gasteiger partial charge >= 0.3 is 0 Å². The molecule has 1 N–H and O–H groups in total. The number of carbonyl (C=O) groups excluding carboxylic acids is 1. The molecule has 0 aromatic heterocycles. The Morgan fingerprint density at radius 1 is 1.15 bits per heavy atom. The number of hydrogen-bond donors (Lipinski definition) is 1. The molecule has 0 saturated carbocycles. The number of piperidine rings is 1. The van der Waals surface area contributed by atoms with E-state index in [1.165, 1.54) is 11.6 Å². The predicted molar refractivity (Wildman–Crippen MR) is 106 cm³/mol. The van der Waals surface area contributed by atoms with Gasteiger partial charge in [-0.15, -0.1) is 0 Å². The van der Waals surface area contributed by atoms with Crippen molar-refractivity contribution >= 4 is 17.3 Å². The molecule has 27 heavy (non-hydrogen) atoms. The van der Waals surface area contributed by atoms with Gasteiger partial charge in [-0.2, -0.15) is 0 Å². The van der Waals surface area contributed by atoms with Crippen LogP contribution in [0.4, 0.5) is 11.4 Å². The summed E-state index contributed by atoms with van der Waals surface area (Å²) in [5.74, 6) is 0.314. The molecular formula is C21H25N3O3. The van der Waals surface area contributed by atoms with Crippen molar-refractivity contribution < 1.29 is 9.72 Å². The molecule has 1 atom stereocenters. The maximum Gasteiger partial charge on any atom is 0.292 e. The van der Waals surface area contributed by atoms with E-state index in [4.69, 9.17) is 0 Å². The Bertz CT molecular complexity index is 786. The van der Waals surface area contributed by atoms with Crippen molar-refractivity contribution in [2.75, 3.05) is 24.5 Å². The number of hydrogen-bond acceptors (Lipinski definition) is 4. The largest absolute Gasteiger partial charge is 0.366 e. The molecule has 2 aromatic carbocycles. The van der Waals surface area contributed by atoms with Crippen molar-refractivity contribution in [3.63, 3.8) is 0 Å². The van der Waals surface area contributed by atoms with Crippen LogP contribution in [0.5, 0.6) is 0 Å². The molecule has 1 amide bonds. The third-order valence-electron chi connectivity index (χ3n) is 5.24. The average molecular weight is 367 g/mol. The molecule has 1 saturated heterocycles. The maximum absolute atomic E-state index is 12.5. The molecule has 1 heterocycles. The van der Waals surface area contributed by atoms with Crippen LogP contribution < -0.4 is 10.2 Å². The lowest BCUT2D eigenvalue weighted by atomic mass is 9.94.